The van der Waals surface area contributed by atoms with Crippen LogP contribution < -0.4 is 9.47 Å². The van der Waals surface area contributed by atoms with E-state index in [1.807, 2.05) is 23.5 Å². The molecule has 2 aliphatic heterocycles. The summed E-state index contributed by atoms with van der Waals surface area (Å²) in [6.45, 7) is 4.39. The summed E-state index contributed by atoms with van der Waals surface area (Å²) in [4.78, 5) is 0. The molecule has 0 N–H and O–H groups in total. The molecule has 2 aromatic rings. The van der Waals surface area contributed by atoms with Gasteiger partial charge in [-0.1, -0.05) is 24.3 Å². The molecule has 0 aromatic heterocycles. The highest BCUT2D eigenvalue weighted by Gasteiger charge is 2.36. The summed E-state index contributed by atoms with van der Waals surface area (Å²) in [7, 11) is 0. The van der Waals surface area contributed by atoms with E-state index in [0.29, 0.717) is 21.4 Å². The Balaban J connectivity index is 1.33. The second-order valence-corrected chi connectivity index (χ2v) is 9.08. The minimum Gasteiger partial charge on any atom is -0.479 e. The SMILES string of the molecule is CC1SC1Oc1ccc(Cc2ccc(OC3SC3C)cc2)cc1. The molecular formula is C19H20O2S2. The summed E-state index contributed by atoms with van der Waals surface area (Å²) < 4.78 is 11.7. The molecule has 120 valence electrons. The van der Waals surface area contributed by atoms with Gasteiger partial charge in [-0.15, -0.1) is 23.5 Å². The van der Waals surface area contributed by atoms with Crippen LogP contribution in [0.5, 0.6) is 11.5 Å². The lowest BCUT2D eigenvalue weighted by atomic mass is 10.0. The van der Waals surface area contributed by atoms with Crippen molar-refractivity contribution in [1.82, 2.24) is 0 Å². The lowest BCUT2D eigenvalue weighted by Crippen LogP contribution is -2.01. The molecule has 2 fully saturated rings. The van der Waals surface area contributed by atoms with Crippen LogP contribution in [0.25, 0.3) is 0 Å². The number of hydrogen-bond acceptors (Lipinski definition) is 4. The molecule has 0 spiro atoms. The van der Waals surface area contributed by atoms with Crippen LogP contribution in [-0.2, 0) is 6.42 Å². The third-order valence-corrected chi connectivity index (χ3v) is 6.34. The van der Waals surface area contributed by atoms with Crippen molar-refractivity contribution in [2.75, 3.05) is 0 Å². The number of rotatable bonds is 6. The second kappa shape index (κ2) is 6.33. The quantitative estimate of drug-likeness (QED) is 0.689. The first kappa shape index (κ1) is 15.3. The number of benzene rings is 2. The van der Waals surface area contributed by atoms with Crippen molar-refractivity contribution < 1.29 is 9.47 Å². The Labute approximate surface area is 146 Å². The van der Waals surface area contributed by atoms with Gasteiger partial charge in [0.1, 0.15) is 11.5 Å². The molecule has 2 nitrogen and oxygen atoms in total. The molecule has 4 unspecified atom stereocenters. The van der Waals surface area contributed by atoms with Gasteiger partial charge in [0.15, 0.2) is 10.9 Å². The zero-order chi connectivity index (χ0) is 15.8. The normalized spacial score (nSPS) is 28.3. The molecule has 0 bridgehead atoms. The molecule has 2 saturated heterocycles. The average molecular weight is 345 g/mol. The van der Waals surface area contributed by atoms with Crippen molar-refractivity contribution >= 4 is 23.5 Å². The van der Waals surface area contributed by atoms with Crippen LogP contribution >= 0.6 is 23.5 Å². The van der Waals surface area contributed by atoms with Gasteiger partial charge < -0.3 is 9.47 Å². The molecule has 2 aromatic carbocycles. The lowest BCUT2D eigenvalue weighted by molar-refractivity contribution is 0.319. The first-order valence-corrected chi connectivity index (χ1v) is 9.88. The Kier molecular flexibility index (Phi) is 4.20. The van der Waals surface area contributed by atoms with E-state index >= 15 is 0 Å². The molecule has 4 heteroatoms. The second-order valence-electron chi connectivity index (χ2n) is 6.12. The van der Waals surface area contributed by atoms with Crippen LogP contribution in [0, 0.1) is 0 Å². The van der Waals surface area contributed by atoms with Crippen LogP contribution in [0.1, 0.15) is 25.0 Å². The zero-order valence-electron chi connectivity index (χ0n) is 13.3. The molecule has 4 atom stereocenters. The van der Waals surface area contributed by atoms with Gasteiger partial charge in [0.2, 0.25) is 0 Å². The third kappa shape index (κ3) is 3.99. The monoisotopic (exact) mass is 344 g/mol. The van der Waals surface area contributed by atoms with E-state index in [2.05, 4.69) is 62.4 Å². The summed E-state index contributed by atoms with van der Waals surface area (Å²) >= 11 is 3.73. The van der Waals surface area contributed by atoms with E-state index in [1.165, 1.54) is 11.1 Å². The van der Waals surface area contributed by atoms with Gasteiger partial charge in [-0.3, -0.25) is 0 Å². The molecule has 0 aliphatic carbocycles. The lowest BCUT2D eigenvalue weighted by Gasteiger charge is -2.07. The van der Waals surface area contributed by atoms with Crippen LogP contribution in [0.15, 0.2) is 48.5 Å². The van der Waals surface area contributed by atoms with Gasteiger partial charge in [0.05, 0.1) is 10.5 Å². The molecule has 2 heterocycles. The average Bonchev–Trinajstić information content (AvgIpc) is 3.44. The molecule has 0 saturated carbocycles. The van der Waals surface area contributed by atoms with Crippen LogP contribution in [0.2, 0.25) is 0 Å². The number of hydrogen-bond donors (Lipinski definition) is 0. The maximum Gasteiger partial charge on any atom is 0.156 e. The van der Waals surface area contributed by atoms with Crippen molar-refractivity contribution in [1.29, 1.82) is 0 Å². The van der Waals surface area contributed by atoms with Crippen molar-refractivity contribution in [3.05, 3.63) is 59.7 Å². The predicted molar refractivity (Wildman–Crippen MR) is 98.6 cm³/mol. The van der Waals surface area contributed by atoms with E-state index in [9.17, 15) is 0 Å². The fraction of sp³-hybridized carbons (Fsp3) is 0.368. The Hall–Kier alpha value is -1.26. The largest absolute Gasteiger partial charge is 0.479 e. The number of ether oxygens (including phenoxy) is 2. The van der Waals surface area contributed by atoms with E-state index in [4.69, 9.17) is 9.47 Å². The highest BCUT2D eigenvalue weighted by molar-refractivity contribution is 8.07. The Morgan fingerprint density at radius 1 is 0.696 bits per heavy atom. The minimum absolute atomic E-state index is 0.348. The Morgan fingerprint density at radius 3 is 1.35 bits per heavy atom. The van der Waals surface area contributed by atoms with Gasteiger partial charge in [-0.05, 0) is 55.7 Å². The van der Waals surface area contributed by atoms with Crippen LogP contribution in [0.4, 0.5) is 0 Å². The van der Waals surface area contributed by atoms with E-state index in [1.54, 1.807) is 0 Å². The third-order valence-electron chi connectivity index (χ3n) is 4.07. The van der Waals surface area contributed by atoms with Gasteiger partial charge >= 0.3 is 0 Å². The maximum absolute atomic E-state index is 5.85. The van der Waals surface area contributed by atoms with E-state index in [0.717, 1.165) is 17.9 Å². The topological polar surface area (TPSA) is 18.5 Å². The van der Waals surface area contributed by atoms with E-state index < -0.39 is 0 Å². The van der Waals surface area contributed by atoms with Gasteiger partial charge in [0.25, 0.3) is 0 Å². The van der Waals surface area contributed by atoms with Crippen molar-refractivity contribution in [2.45, 2.75) is 41.6 Å². The summed E-state index contributed by atoms with van der Waals surface area (Å²) in [5.41, 5.74) is 3.30. The van der Waals surface area contributed by atoms with Gasteiger partial charge in [-0.25, -0.2) is 0 Å². The highest BCUT2D eigenvalue weighted by atomic mass is 32.2. The highest BCUT2D eigenvalue weighted by Crippen LogP contribution is 2.42. The fourth-order valence-corrected chi connectivity index (χ4v) is 3.56. The zero-order valence-corrected chi connectivity index (χ0v) is 14.9. The standard InChI is InChI=1S/C19H20O2S2/c1-12-18(22-12)20-16-7-3-14(4-8-16)11-15-5-9-17(10-6-15)21-19-13(2)23-19/h3-10,12-13,18-19H,11H2,1-2H3. The maximum atomic E-state index is 5.85. The summed E-state index contributed by atoms with van der Waals surface area (Å²) in [5, 5.41) is 1.26. The van der Waals surface area contributed by atoms with Crippen LogP contribution in [0.3, 0.4) is 0 Å². The molecular weight excluding hydrogens is 324 g/mol. The van der Waals surface area contributed by atoms with Crippen molar-refractivity contribution in [3.63, 3.8) is 0 Å². The molecule has 0 radical (unpaired) electrons. The molecule has 2 aliphatic rings. The predicted octanol–water partition coefficient (Wildman–Crippen LogP) is 4.96. The van der Waals surface area contributed by atoms with Crippen molar-refractivity contribution in [2.24, 2.45) is 0 Å². The fourth-order valence-electron chi connectivity index (χ4n) is 2.46. The minimum atomic E-state index is 0.348. The van der Waals surface area contributed by atoms with Gasteiger partial charge in [-0.2, -0.15) is 0 Å². The van der Waals surface area contributed by atoms with Crippen molar-refractivity contribution in [3.8, 4) is 11.5 Å². The summed E-state index contributed by atoms with van der Waals surface area (Å²) in [6, 6.07) is 16.9. The Bertz CT molecular complexity index is 609. The summed E-state index contributed by atoms with van der Waals surface area (Å²) in [5.74, 6) is 1.94. The summed E-state index contributed by atoms with van der Waals surface area (Å²) in [6.07, 6.45) is 0.934. The molecule has 23 heavy (non-hydrogen) atoms. The molecule has 0 amide bonds. The van der Waals surface area contributed by atoms with Crippen LogP contribution in [-0.4, -0.2) is 21.4 Å². The molecule has 4 rings (SSSR count). The first-order valence-electron chi connectivity index (χ1n) is 7.99. The Morgan fingerprint density at radius 2 is 1.04 bits per heavy atom. The van der Waals surface area contributed by atoms with Gasteiger partial charge in [0, 0.05) is 0 Å². The van der Waals surface area contributed by atoms with E-state index in [-0.39, 0.29) is 0 Å². The first-order chi connectivity index (χ1) is 11.2. The number of thioether (sulfide) groups is 2. The smallest absolute Gasteiger partial charge is 0.156 e.